The Morgan fingerprint density at radius 2 is 1.71 bits per heavy atom. The number of anilines is 1. The predicted octanol–water partition coefficient (Wildman–Crippen LogP) is 3.21. The van der Waals surface area contributed by atoms with Crippen molar-refractivity contribution in [2.24, 2.45) is 0 Å². The highest BCUT2D eigenvalue weighted by atomic mass is 16.2. The number of rotatable bonds is 5. The number of carbonyl (C=O) groups excluding carboxylic acids is 5. The van der Waals surface area contributed by atoms with Crippen LogP contribution in [0.25, 0.3) is 11.3 Å². The Morgan fingerprint density at radius 3 is 2.39 bits per heavy atom. The molecule has 0 radical (unpaired) electrons. The molecule has 1 aromatic heterocycles. The average Bonchev–Trinajstić information content (AvgIpc) is 3.13. The van der Waals surface area contributed by atoms with Crippen LogP contribution in [0.1, 0.15) is 53.0 Å². The molecule has 2 aliphatic heterocycles. The minimum Gasteiger partial charge on any atom is -0.329 e. The van der Waals surface area contributed by atoms with Crippen LogP contribution in [-0.2, 0) is 15.1 Å². The molecule has 10 nitrogen and oxygen atoms in total. The van der Waals surface area contributed by atoms with Gasteiger partial charge in [-0.15, -0.1) is 0 Å². The molecule has 5 rings (SSSR count). The van der Waals surface area contributed by atoms with Crippen molar-refractivity contribution in [3.05, 3.63) is 83.6 Å². The van der Waals surface area contributed by atoms with E-state index in [4.69, 9.17) is 0 Å². The van der Waals surface area contributed by atoms with Crippen LogP contribution in [0.5, 0.6) is 0 Å². The second-order valence-electron chi connectivity index (χ2n) is 9.70. The maximum Gasteiger partial charge on any atom is 0.319 e. The summed E-state index contributed by atoms with van der Waals surface area (Å²) in [6.45, 7) is 3.73. The SMILES string of the molecule is CC(C)(NC(=O)Nc1ccc2c(c1)C(=O)N(C1CCC(=O)NC1=O)C2=O)c1ccc(-c2ccccn2)cc1. The van der Waals surface area contributed by atoms with Crippen molar-refractivity contribution in [1.82, 2.24) is 20.5 Å². The predicted molar refractivity (Wildman–Crippen MR) is 138 cm³/mol. The summed E-state index contributed by atoms with van der Waals surface area (Å²) < 4.78 is 0. The minimum atomic E-state index is -1.05. The zero-order chi connectivity index (χ0) is 27.0. The molecule has 1 saturated heterocycles. The normalized spacial score (nSPS) is 17.2. The molecule has 0 spiro atoms. The van der Waals surface area contributed by atoms with Gasteiger partial charge in [-0.05, 0) is 56.2 Å². The monoisotopic (exact) mass is 511 g/mol. The molecular weight excluding hydrogens is 486 g/mol. The number of nitrogens with one attached hydrogen (secondary N) is 3. The molecule has 0 bridgehead atoms. The molecule has 1 fully saturated rings. The van der Waals surface area contributed by atoms with Crippen LogP contribution in [0.3, 0.4) is 0 Å². The van der Waals surface area contributed by atoms with Gasteiger partial charge < -0.3 is 10.6 Å². The third-order valence-electron chi connectivity index (χ3n) is 6.69. The number of piperidine rings is 1. The number of hydrogen-bond donors (Lipinski definition) is 3. The van der Waals surface area contributed by atoms with Gasteiger partial charge in [-0.25, -0.2) is 4.79 Å². The van der Waals surface area contributed by atoms with Crippen molar-refractivity contribution >= 4 is 35.3 Å². The molecule has 2 aliphatic rings. The second kappa shape index (κ2) is 9.55. The number of urea groups is 1. The van der Waals surface area contributed by atoms with E-state index in [1.807, 2.05) is 56.3 Å². The summed E-state index contributed by atoms with van der Waals surface area (Å²) in [5.41, 5.74) is 2.50. The summed E-state index contributed by atoms with van der Waals surface area (Å²) in [6, 6.07) is 16.2. The number of fused-ring (bicyclic) bond motifs is 1. The van der Waals surface area contributed by atoms with Crippen molar-refractivity contribution in [2.45, 2.75) is 38.3 Å². The van der Waals surface area contributed by atoms with E-state index in [0.29, 0.717) is 5.69 Å². The van der Waals surface area contributed by atoms with Crippen molar-refractivity contribution in [2.75, 3.05) is 5.32 Å². The molecule has 0 saturated carbocycles. The van der Waals surface area contributed by atoms with E-state index in [1.165, 1.54) is 18.2 Å². The van der Waals surface area contributed by atoms with Crippen LogP contribution in [-0.4, -0.2) is 45.6 Å². The van der Waals surface area contributed by atoms with E-state index < -0.39 is 41.2 Å². The number of pyridine rings is 1. The lowest BCUT2D eigenvalue weighted by Gasteiger charge is -2.27. The van der Waals surface area contributed by atoms with Crippen LogP contribution < -0.4 is 16.0 Å². The van der Waals surface area contributed by atoms with Crippen molar-refractivity contribution in [1.29, 1.82) is 0 Å². The largest absolute Gasteiger partial charge is 0.329 e. The van der Waals surface area contributed by atoms with Gasteiger partial charge in [-0.3, -0.25) is 34.4 Å². The zero-order valence-electron chi connectivity index (χ0n) is 20.8. The Labute approximate surface area is 218 Å². The number of nitrogens with zero attached hydrogens (tertiary/aromatic N) is 2. The molecule has 3 heterocycles. The van der Waals surface area contributed by atoms with Crippen LogP contribution in [0.2, 0.25) is 0 Å². The second-order valence-corrected chi connectivity index (χ2v) is 9.70. The van der Waals surface area contributed by atoms with E-state index in [-0.39, 0.29) is 24.0 Å². The lowest BCUT2D eigenvalue weighted by atomic mass is 9.93. The standard InChI is InChI=1S/C28H25N5O5/c1-28(2,17-8-6-16(7-9-17)21-5-3-4-14-29-21)32-27(38)30-18-10-11-19-20(15-18)26(37)33(25(19)36)22-12-13-23(34)31-24(22)35/h3-11,14-15,22H,12-13H2,1-2H3,(H2,30,32,38)(H,31,34,35). The van der Waals surface area contributed by atoms with Gasteiger partial charge in [0, 0.05) is 23.9 Å². The Kier molecular flexibility index (Phi) is 6.23. The molecule has 3 N–H and O–H groups in total. The number of aromatic nitrogens is 1. The highest BCUT2D eigenvalue weighted by Gasteiger charge is 2.44. The van der Waals surface area contributed by atoms with E-state index in [1.54, 1.807) is 6.20 Å². The molecule has 38 heavy (non-hydrogen) atoms. The van der Waals surface area contributed by atoms with Gasteiger partial charge in [0.05, 0.1) is 22.4 Å². The minimum absolute atomic E-state index is 0.0401. The summed E-state index contributed by atoms with van der Waals surface area (Å²) in [5.74, 6) is -2.36. The fourth-order valence-electron chi connectivity index (χ4n) is 4.66. The first-order valence-corrected chi connectivity index (χ1v) is 12.1. The molecule has 6 amide bonds. The number of hydrogen-bond acceptors (Lipinski definition) is 6. The Morgan fingerprint density at radius 1 is 0.974 bits per heavy atom. The van der Waals surface area contributed by atoms with Gasteiger partial charge in [0.25, 0.3) is 11.8 Å². The van der Waals surface area contributed by atoms with Crippen molar-refractivity contribution < 1.29 is 24.0 Å². The Balaban J connectivity index is 1.27. The van der Waals surface area contributed by atoms with Gasteiger partial charge in [0.2, 0.25) is 11.8 Å². The highest BCUT2D eigenvalue weighted by molar-refractivity contribution is 6.23. The fourth-order valence-corrected chi connectivity index (χ4v) is 4.66. The summed E-state index contributed by atoms with van der Waals surface area (Å²) in [6.07, 6.45) is 1.84. The molecule has 192 valence electrons. The lowest BCUT2D eigenvalue weighted by Crippen LogP contribution is -2.54. The highest BCUT2D eigenvalue weighted by Crippen LogP contribution is 2.30. The van der Waals surface area contributed by atoms with Crippen molar-refractivity contribution in [3.63, 3.8) is 0 Å². The van der Waals surface area contributed by atoms with Gasteiger partial charge in [0.1, 0.15) is 6.04 Å². The number of imide groups is 2. The lowest BCUT2D eigenvalue weighted by molar-refractivity contribution is -0.136. The quantitative estimate of drug-likeness (QED) is 0.450. The number of amides is 6. The van der Waals surface area contributed by atoms with E-state index in [0.717, 1.165) is 21.7 Å². The molecular formula is C28H25N5O5. The molecule has 1 unspecified atom stereocenters. The average molecular weight is 512 g/mol. The third kappa shape index (κ3) is 4.63. The van der Waals surface area contributed by atoms with Crippen LogP contribution in [0, 0.1) is 0 Å². The smallest absolute Gasteiger partial charge is 0.319 e. The van der Waals surface area contributed by atoms with Gasteiger partial charge in [-0.2, -0.15) is 0 Å². The molecule has 1 atom stereocenters. The number of carbonyl (C=O) groups is 5. The van der Waals surface area contributed by atoms with Gasteiger partial charge in [-0.1, -0.05) is 30.3 Å². The third-order valence-corrected chi connectivity index (χ3v) is 6.69. The van der Waals surface area contributed by atoms with Crippen LogP contribution >= 0.6 is 0 Å². The Hall–Kier alpha value is -4.86. The van der Waals surface area contributed by atoms with E-state index in [2.05, 4.69) is 20.9 Å². The first-order valence-electron chi connectivity index (χ1n) is 12.1. The van der Waals surface area contributed by atoms with Crippen molar-refractivity contribution in [3.8, 4) is 11.3 Å². The van der Waals surface area contributed by atoms with Gasteiger partial charge in [0.15, 0.2) is 0 Å². The summed E-state index contributed by atoms with van der Waals surface area (Å²) in [5, 5.41) is 7.80. The maximum atomic E-state index is 13.0. The Bertz CT molecular complexity index is 1470. The van der Waals surface area contributed by atoms with E-state index >= 15 is 0 Å². The summed E-state index contributed by atoms with van der Waals surface area (Å²) >= 11 is 0. The first kappa shape index (κ1) is 24.8. The molecule has 0 aliphatic carbocycles. The zero-order valence-corrected chi connectivity index (χ0v) is 20.8. The maximum absolute atomic E-state index is 13.0. The molecule has 3 aromatic rings. The number of benzene rings is 2. The van der Waals surface area contributed by atoms with Crippen LogP contribution in [0.15, 0.2) is 66.9 Å². The fraction of sp³-hybridized carbons (Fsp3) is 0.214. The first-order chi connectivity index (χ1) is 18.1. The molecule has 10 heteroatoms. The van der Waals surface area contributed by atoms with Crippen LogP contribution in [0.4, 0.5) is 10.5 Å². The summed E-state index contributed by atoms with van der Waals surface area (Å²) in [4.78, 5) is 67.7. The van der Waals surface area contributed by atoms with E-state index in [9.17, 15) is 24.0 Å². The topological polar surface area (TPSA) is 138 Å². The molecule has 2 aromatic carbocycles. The van der Waals surface area contributed by atoms with Gasteiger partial charge >= 0.3 is 6.03 Å². The summed E-state index contributed by atoms with van der Waals surface area (Å²) in [7, 11) is 0.